The zero-order valence-electron chi connectivity index (χ0n) is 8.91. The highest BCUT2D eigenvalue weighted by atomic mass is 32.2. The molecule has 0 saturated heterocycles. The van der Waals surface area contributed by atoms with Crippen molar-refractivity contribution in [3.8, 4) is 0 Å². The van der Waals surface area contributed by atoms with Crippen molar-refractivity contribution in [2.24, 2.45) is 0 Å². The van der Waals surface area contributed by atoms with Gasteiger partial charge in [0.25, 0.3) is 0 Å². The van der Waals surface area contributed by atoms with Gasteiger partial charge in [0.05, 0.1) is 6.26 Å². The van der Waals surface area contributed by atoms with E-state index in [1.165, 1.54) is 6.26 Å². The van der Waals surface area contributed by atoms with E-state index in [1.807, 2.05) is 0 Å². The molecule has 1 aliphatic carbocycles. The maximum atomic E-state index is 11.0. The van der Waals surface area contributed by atoms with Crippen LogP contribution in [0.3, 0.4) is 0 Å². The van der Waals surface area contributed by atoms with Crippen LogP contribution in [0.1, 0.15) is 32.6 Å². The zero-order valence-corrected chi connectivity index (χ0v) is 9.73. The van der Waals surface area contributed by atoms with E-state index in [0.717, 1.165) is 32.2 Å². The summed E-state index contributed by atoms with van der Waals surface area (Å²) in [7, 11) is -3.02. The average Bonchev–Trinajstić information content (AvgIpc) is 2.06. The van der Waals surface area contributed by atoms with Gasteiger partial charge in [-0.25, -0.2) is 13.1 Å². The first-order valence-corrected chi connectivity index (χ1v) is 7.11. The Labute approximate surface area is 86.5 Å². The lowest BCUT2D eigenvalue weighted by Crippen LogP contribution is -2.41. The molecule has 1 fully saturated rings. The van der Waals surface area contributed by atoms with Crippen molar-refractivity contribution in [1.29, 1.82) is 0 Å². The largest absolute Gasteiger partial charge is 0.314 e. The van der Waals surface area contributed by atoms with Crippen LogP contribution in [-0.2, 0) is 10.0 Å². The van der Waals surface area contributed by atoms with E-state index in [-0.39, 0.29) is 6.04 Å². The predicted octanol–water partition coefficient (Wildman–Crippen LogP) is 0.456. The normalized spacial score (nSPS) is 29.0. The highest BCUT2D eigenvalue weighted by molar-refractivity contribution is 7.88. The first-order chi connectivity index (χ1) is 6.51. The summed E-state index contributed by atoms with van der Waals surface area (Å²) in [6, 6.07) is 0.734. The number of hydrogen-bond acceptors (Lipinski definition) is 3. The van der Waals surface area contributed by atoms with E-state index in [9.17, 15) is 8.42 Å². The van der Waals surface area contributed by atoms with Crippen LogP contribution in [0, 0.1) is 0 Å². The van der Waals surface area contributed by atoms with Gasteiger partial charge < -0.3 is 5.32 Å². The average molecular weight is 220 g/mol. The molecule has 0 unspecified atom stereocenters. The lowest BCUT2D eigenvalue weighted by Gasteiger charge is -2.28. The van der Waals surface area contributed by atoms with Gasteiger partial charge in [-0.05, 0) is 32.2 Å². The molecule has 5 heteroatoms. The molecule has 4 nitrogen and oxygen atoms in total. The van der Waals surface area contributed by atoms with E-state index in [2.05, 4.69) is 17.0 Å². The van der Waals surface area contributed by atoms with Gasteiger partial charge in [-0.2, -0.15) is 0 Å². The van der Waals surface area contributed by atoms with Crippen LogP contribution in [0.2, 0.25) is 0 Å². The quantitative estimate of drug-likeness (QED) is 0.723. The highest BCUT2D eigenvalue weighted by Gasteiger charge is 2.22. The minimum absolute atomic E-state index is 0.153. The standard InChI is InChI=1S/C9H20N2O2S/c1-3-10-8-4-6-9(7-5-8)11-14(2,12)13/h8-11H,3-7H2,1-2H3/t8-,9+. The fourth-order valence-electron chi connectivity index (χ4n) is 2.01. The smallest absolute Gasteiger partial charge is 0.208 e. The zero-order chi connectivity index (χ0) is 10.6. The summed E-state index contributed by atoms with van der Waals surface area (Å²) in [5.41, 5.74) is 0. The molecule has 1 saturated carbocycles. The van der Waals surface area contributed by atoms with Crippen LogP contribution in [0.4, 0.5) is 0 Å². The molecule has 1 aliphatic rings. The summed E-state index contributed by atoms with van der Waals surface area (Å²) in [5.74, 6) is 0. The van der Waals surface area contributed by atoms with E-state index in [0.29, 0.717) is 6.04 Å². The molecule has 0 aromatic carbocycles. The highest BCUT2D eigenvalue weighted by Crippen LogP contribution is 2.18. The number of rotatable bonds is 4. The van der Waals surface area contributed by atoms with Gasteiger partial charge in [-0.15, -0.1) is 0 Å². The summed E-state index contributed by atoms with van der Waals surface area (Å²) < 4.78 is 24.6. The second-order valence-electron chi connectivity index (χ2n) is 4.00. The molecule has 1 rings (SSSR count). The second kappa shape index (κ2) is 5.09. The first-order valence-electron chi connectivity index (χ1n) is 5.22. The van der Waals surface area contributed by atoms with Crippen molar-refractivity contribution in [1.82, 2.24) is 10.0 Å². The molecule has 0 atom stereocenters. The Hall–Kier alpha value is -0.130. The Morgan fingerprint density at radius 3 is 2.07 bits per heavy atom. The monoisotopic (exact) mass is 220 g/mol. The van der Waals surface area contributed by atoms with Gasteiger partial charge in [0, 0.05) is 12.1 Å². The third-order valence-electron chi connectivity index (χ3n) is 2.60. The van der Waals surface area contributed by atoms with Crippen LogP contribution in [0.15, 0.2) is 0 Å². The Kier molecular flexibility index (Phi) is 4.34. The van der Waals surface area contributed by atoms with Crippen molar-refractivity contribution in [2.75, 3.05) is 12.8 Å². The first kappa shape index (κ1) is 11.9. The van der Waals surface area contributed by atoms with Gasteiger partial charge in [-0.3, -0.25) is 0 Å². The van der Waals surface area contributed by atoms with E-state index in [1.54, 1.807) is 0 Å². The number of sulfonamides is 1. The van der Waals surface area contributed by atoms with Gasteiger partial charge in [-0.1, -0.05) is 6.92 Å². The molecule has 0 heterocycles. The number of nitrogens with one attached hydrogen (secondary N) is 2. The van der Waals surface area contributed by atoms with Crippen molar-refractivity contribution in [3.63, 3.8) is 0 Å². The molecule has 0 spiro atoms. The van der Waals surface area contributed by atoms with E-state index < -0.39 is 10.0 Å². The summed E-state index contributed by atoms with van der Waals surface area (Å²) in [4.78, 5) is 0. The van der Waals surface area contributed by atoms with Crippen molar-refractivity contribution in [3.05, 3.63) is 0 Å². The topological polar surface area (TPSA) is 58.2 Å². The SMILES string of the molecule is CCN[C@H]1CC[C@@H](NS(C)(=O)=O)CC1. The molecule has 84 valence electrons. The molecule has 14 heavy (non-hydrogen) atoms. The Balaban J connectivity index is 2.29. The lowest BCUT2D eigenvalue weighted by atomic mass is 9.92. The third-order valence-corrected chi connectivity index (χ3v) is 3.36. The van der Waals surface area contributed by atoms with E-state index >= 15 is 0 Å². The fraction of sp³-hybridized carbons (Fsp3) is 1.00. The van der Waals surface area contributed by atoms with Crippen LogP contribution in [0.5, 0.6) is 0 Å². The maximum Gasteiger partial charge on any atom is 0.208 e. The molecule has 2 N–H and O–H groups in total. The maximum absolute atomic E-state index is 11.0. The molecule has 0 aromatic rings. The molecule has 0 aliphatic heterocycles. The van der Waals surface area contributed by atoms with Gasteiger partial charge in [0.15, 0.2) is 0 Å². The Morgan fingerprint density at radius 2 is 1.64 bits per heavy atom. The van der Waals surface area contributed by atoms with Crippen LogP contribution >= 0.6 is 0 Å². The van der Waals surface area contributed by atoms with Crippen LogP contribution in [0.25, 0.3) is 0 Å². The molecular weight excluding hydrogens is 200 g/mol. The van der Waals surface area contributed by atoms with Crippen LogP contribution in [-0.4, -0.2) is 33.3 Å². The van der Waals surface area contributed by atoms with Gasteiger partial charge in [0.1, 0.15) is 0 Å². The van der Waals surface area contributed by atoms with Crippen molar-refractivity contribution >= 4 is 10.0 Å². The number of hydrogen-bond donors (Lipinski definition) is 2. The predicted molar refractivity (Wildman–Crippen MR) is 57.7 cm³/mol. The molecule has 0 bridgehead atoms. The minimum Gasteiger partial charge on any atom is -0.314 e. The summed E-state index contributed by atoms with van der Waals surface area (Å²) in [6.45, 7) is 3.09. The van der Waals surface area contributed by atoms with Crippen molar-refractivity contribution in [2.45, 2.75) is 44.7 Å². The molecular formula is C9H20N2O2S. The molecule has 0 radical (unpaired) electrons. The Bertz CT molecular complexity index is 256. The summed E-state index contributed by atoms with van der Waals surface area (Å²) in [5, 5.41) is 3.39. The summed E-state index contributed by atoms with van der Waals surface area (Å²) >= 11 is 0. The van der Waals surface area contributed by atoms with Crippen molar-refractivity contribution < 1.29 is 8.42 Å². The molecule has 0 amide bonds. The van der Waals surface area contributed by atoms with Crippen LogP contribution < -0.4 is 10.0 Å². The summed E-state index contributed by atoms with van der Waals surface area (Å²) in [6.07, 6.45) is 5.26. The Morgan fingerprint density at radius 1 is 1.14 bits per heavy atom. The van der Waals surface area contributed by atoms with Gasteiger partial charge in [0.2, 0.25) is 10.0 Å². The lowest BCUT2D eigenvalue weighted by molar-refractivity contribution is 0.334. The molecule has 0 aromatic heterocycles. The minimum atomic E-state index is -3.02. The second-order valence-corrected chi connectivity index (χ2v) is 5.78. The van der Waals surface area contributed by atoms with E-state index in [4.69, 9.17) is 0 Å². The van der Waals surface area contributed by atoms with Gasteiger partial charge >= 0.3 is 0 Å². The fourth-order valence-corrected chi connectivity index (χ4v) is 2.85. The third kappa shape index (κ3) is 4.39.